The summed E-state index contributed by atoms with van der Waals surface area (Å²) in [5.41, 5.74) is 4.48. The number of halogens is 1. The van der Waals surface area contributed by atoms with E-state index in [0.29, 0.717) is 15.8 Å². The molecule has 2 rings (SSSR count). The molecule has 3 nitrogen and oxygen atoms in total. The zero-order valence-corrected chi connectivity index (χ0v) is 11.9. The van der Waals surface area contributed by atoms with Crippen molar-refractivity contribution in [3.63, 3.8) is 0 Å². The summed E-state index contributed by atoms with van der Waals surface area (Å²) in [5.74, 6) is 0. The van der Waals surface area contributed by atoms with E-state index in [-0.39, 0.29) is 0 Å². The van der Waals surface area contributed by atoms with Gasteiger partial charge in [0, 0.05) is 5.02 Å². The lowest BCUT2D eigenvalue weighted by Gasteiger charge is -2.13. The Kier molecular flexibility index (Phi) is 4.07. The molecule has 1 aromatic heterocycles. The molecule has 0 radical (unpaired) electrons. The molecule has 0 amide bonds. The molecule has 1 aromatic carbocycles. The minimum atomic E-state index is -3.36. The van der Waals surface area contributed by atoms with Gasteiger partial charge in [-0.15, -0.1) is 11.3 Å². The maximum Gasteiger partial charge on any atom is 0.200 e. The third-order valence-corrected chi connectivity index (χ3v) is 6.51. The van der Waals surface area contributed by atoms with Gasteiger partial charge in [0.2, 0.25) is 0 Å². The molecule has 18 heavy (non-hydrogen) atoms. The van der Waals surface area contributed by atoms with Crippen LogP contribution in [0.4, 0.5) is 0 Å². The van der Waals surface area contributed by atoms with E-state index in [1.54, 1.807) is 41.8 Å². The van der Waals surface area contributed by atoms with E-state index in [9.17, 15) is 8.42 Å². The fourth-order valence-corrected chi connectivity index (χ4v) is 4.74. The second-order valence-electron chi connectivity index (χ2n) is 3.81. The highest BCUT2D eigenvalue weighted by atomic mass is 35.5. The lowest BCUT2D eigenvalue weighted by molar-refractivity contribution is -0.367. The topological polar surface area (TPSA) is 61.8 Å². The molecular formula is C12H13ClNO2S2+. The van der Waals surface area contributed by atoms with Gasteiger partial charge in [-0.05, 0) is 29.1 Å². The number of rotatable bonds is 4. The summed E-state index contributed by atoms with van der Waals surface area (Å²) in [6, 6.07) is 10.2. The third-order valence-electron chi connectivity index (χ3n) is 2.65. The number of hydrogen-bond acceptors (Lipinski definition) is 3. The van der Waals surface area contributed by atoms with Gasteiger partial charge < -0.3 is 5.73 Å². The molecule has 0 saturated carbocycles. The van der Waals surface area contributed by atoms with Gasteiger partial charge in [0.25, 0.3) is 0 Å². The molecule has 3 N–H and O–H groups in total. The van der Waals surface area contributed by atoms with Gasteiger partial charge in [-0.3, -0.25) is 0 Å². The van der Waals surface area contributed by atoms with Crippen LogP contribution in [0.1, 0.15) is 10.8 Å². The van der Waals surface area contributed by atoms with Gasteiger partial charge in [0.05, 0.1) is 6.54 Å². The predicted molar refractivity (Wildman–Crippen MR) is 73.5 cm³/mol. The van der Waals surface area contributed by atoms with E-state index in [0.717, 1.165) is 5.56 Å². The van der Waals surface area contributed by atoms with Gasteiger partial charge >= 0.3 is 0 Å². The Hall–Kier alpha value is -0.880. The largest absolute Gasteiger partial charge is 0.356 e. The molecule has 0 unspecified atom stereocenters. The van der Waals surface area contributed by atoms with Gasteiger partial charge in [-0.25, -0.2) is 8.42 Å². The summed E-state index contributed by atoms with van der Waals surface area (Å²) in [6.45, 7) is 0.294. The van der Waals surface area contributed by atoms with Crippen molar-refractivity contribution in [3.05, 3.63) is 52.4 Å². The first-order chi connectivity index (χ1) is 8.55. The highest BCUT2D eigenvalue weighted by molar-refractivity contribution is 7.93. The molecule has 0 spiro atoms. The average Bonchev–Trinajstić information content (AvgIpc) is 2.86. The first kappa shape index (κ1) is 13.5. The Balaban J connectivity index is 2.43. The zero-order chi connectivity index (χ0) is 13.2. The highest BCUT2D eigenvalue weighted by Crippen LogP contribution is 2.30. The van der Waals surface area contributed by atoms with Crippen LogP contribution in [-0.2, 0) is 9.84 Å². The molecule has 6 heteroatoms. The molecular weight excluding hydrogens is 290 g/mol. The Morgan fingerprint density at radius 2 is 1.89 bits per heavy atom. The fraction of sp³-hybridized carbons (Fsp3) is 0.167. The summed E-state index contributed by atoms with van der Waals surface area (Å²) in [5, 5.41) is 1.73. The standard InChI is InChI=1S/C12H12ClNO2S2/c13-10-5-3-9(4-6-10)11(8-14)18(15,16)12-2-1-7-17-12/h1-7,11H,8,14H2/p+1/t11-/m0/s1. The number of benzene rings is 1. The fourth-order valence-electron chi connectivity index (χ4n) is 1.74. The molecule has 0 fully saturated rings. The predicted octanol–water partition coefficient (Wildman–Crippen LogP) is 2.16. The Labute approximate surface area is 115 Å². The van der Waals surface area contributed by atoms with E-state index in [1.807, 2.05) is 0 Å². The molecule has 1 atom stereocenters. The number of quaternary nitrogens is 1. The minimum Gasteiger partial charge on any atom is -0.356 e. The van der Waals surface area contributed by atoms with E-state index in [2.05, 4.69) is 5.73 Å². The molecule has 0 saturated heterocycles. The van der Waals surface area contributed by atoms with Crippen LogP contribution in [0.15, 0.2) is 46.0 Å². The quantitative estimate of drug-likeness (QED) is 0.941. The Morgan fingerprint density at radius 3 is 2.39 bits per heavy atom. The summed E-state index contributed by atoms with van der Waals surface area (Å²) in [4.78, 5) is 0. The van der Waals surface area contributed by atoms with Crippen LogP contribution in [0.25, 0.3) is 0 Å². The maximum absolute atomic E-state index is 12.4. The molecule has 0 bridgehead atoms. The van der Waals surface area contributed by atoms with Crippen LogP contribution in [0.2, 0.25) is 5.02 Å². The maximum atomic E-state index is 12.4. The lowest BCUT2D eigenvalue weighted by atomic mass is 10.1. The molecule has 2 aromatic rings. The number of hydrogen-bond donors (Lipinski definition) is 1. The van der Waals surface area contributed by atoms with Crippen molar-refractivity contribution in [1.82, 2.24) is 0 Å². The Morgan fingerprint density at radius 1 is 1.22 bits per heavy atom. The normalized spacial score (nSPS) is 13.4. The third kappa shape index (κ3) is 2.59. The average molecular weight is 303 g/mol. The van der Waals surface area contributed by atoms with E-state index < -0.39 is 15.1 Å². The second kappa shape index (κ2) is 5.40. The van der Waals surface area contributed by atoms with Crippen molar-refractivity contribution in [2.75, 3.05) is 6.54 Å². The van der Waals surface area contributed by atoms with Gasteiger partial charge in [-0.1, -0.05) is 29.8 Å². The van der Waals surface area contributed by atoms with Crippen LogP contribution in [0, 0.1) is 0 Å². The van der Waals surface area contributed by atoms with Crippen molar-refractivity contribution in [1.29, 1.82) is 0 Å². The summed E-state index contributed by atoms with van der Waals surface area (Å²) in [6.07, 6.45) is 0. The first-order valence-corrected chi connectivity index (χ1v) is 8.18. The molecule has 0 aliphatic heterocycles. The van der Waals surface area contributed by atoms with Crippen molar-refractivity contribution >= 4 is 32.8 Å². The zero-order valence-electron chi connectivity index (χ0n) is 9.54. The van der Waals surface area contributed by atoms with E-state index in [1.165, 1.54) is 11.3 Å². The summed E-state index contributed by atoms with van der Waals surface area (Å²) >= 11 is 7.04. The first-order valence-electron chi connectivity index (χ1n) is 5.38. The monoisotopic (exact) mass is 302 g/mol. The van der Waals surface area contributed by atoms with Crippen LogP contribution >= 0.6 is 22.9 Å². The molecule has 0 aliphatic rings. The van der Waals surface area contributed by atoms with Crippen molar-refractivity contribution in [2.24, 2.45) is 0 Å². The van der Waals surface area contributed by atoms with Crippen LogP contribution in [-0.4, -0.2) is 15.0 Å². The van der Waals surface area contributed by atoms with Crippen molar-refractivity contribution in [2.45, 2.75) is 9.46 Å². The van der Waals surface area contributed by atoms with E-state index in [4.69, 9.17) is 11.6 Å². The highest BCUT2D eigenvalue weighted by Gasteiger charge is 2.30. The molecule has 96 valence electrons. The number of sulfone groups is 1. The smallest absolute Gasteiger partial charge is 0.200 e. The van der Waals surface area contributed by atoms with Crippen molar-refractivity contribution < 1.29 is 14.2 Å². The van der Waals surface area contributed by atoms with Crippen LogP contribution < -0.4 is 5.73 Å². The van der Waals surface area contributed by atoms with Gasteiger partial charge in [0.15, 0.2) is 9.84 Å². The van der Waals surface area contributed by atoms with Crippen LogP contribution in [0.3, 0.4) is 0 Å². The van der Waals surface area contributed by atoms with Crippen molar-refractivity contribution in [3.8, 4) is 0 Å². The summed E-state index contributed by atoms with van der Waals surface area (Å²) in [7, 11) is -3.36. The molecule has 1 heterocycles. The van der Waals surface area contributed by atoms with Gasteiger partial charge in [0.1, 0.15) is 9.46 Å². The van der Waals surface area contributed by atoms with Gasteiger partial charge in [-0.2, -0.15) is 0 Å². The minimum absolute atomic E-state index is 0.294. The molecule has 0 aliphatic carbocycles. The summed E-state index contributed by atoms with van der Waals surface area (Å²) < 4.78 is 25.3. The number of thiophene rings is 1. The van der Waals surface area contributed by atoms with Crippen LogP contribution in [0.5, 0.6) is 0 Å². The lowest BCUT2D eigenvalue weighted by Crippen LogP contribution is -2.54. The van der Waals surface area contributed by atoms with E-state index >= 15 is 0 Å². The SMILES string of the molecule is [NH3+]C[C@@H](c1ccc(Cl)cc1)S(=O)(=O)c1cccs1. The second-order valence-corrected chi connectivity index (χ2v) is 7.55. The Bertz CT molecular complexity index is 606.